The molecule has 0 unspecified atom stereocenters. The second-order valence-electron chi connectivity index (χ2n) is 8.51. The molecule has 5 rings (SSSR count). The molecular formula is C26H27FN4O2. The van der Waals surface area contributed by atoms with Crippen molar-refractivity contribution < 1.29 is 13.9 Å². The van der Waals surface area contributed by atoms with Gasteiger partial charge in [-0.05, 0) is 41.8 Å². The number of fused-ring (bicyclic) bond motifs is 1. The van der Waals surface area contributed by atoms with Crippen LogP contribution in [0.2, 0.25) is 0 Å². The van der Waals surface area contributed by atoms with Crippen LogP contribution in [0.5, 0.6) is 5.75 Å². The predicted molar refractivity (Wildman–Crippen MR) is 123 cm³/mol. The third-order valence-electron chi connectivity index (χ3n) is 5.88. The van der Waals surface area contributed by atoms with Crippen molar-refractivity contribution in [2.24, 2.45) is 5.92 Å². The van der Waals surface area contributed by atoms with Crippen LogP contribution in [-0.4, -0.2) is 45.6 Å². The Morgan fingerprint density at radius 3 is 2.91 bits per heavy atom. The largest absolute Gasteiger partial charge is 0.489 e. The summed E-state index contributed by atoms with van der Waals surface area (Å²) in [5.74, 6) is 0.953. The Kier molecular flexibility index (Phi) is 6.60. The van der Waals surface area contributed by atoms with E-state index < -0.39 is 0 Å². The van der Waals surface area contributed by atoms with E-state index in [-0.39, 0.29) is 5.82 Å². The Bertz CT molecular complexity index is 1190. The molecule has 1 fully saturated rings. The Balaban J connectivity index is 1.19. The zero-order valence-electron chi connectivity index (χ0n) is 18.4. The van der Waals surface area contributed by atoms with E-state index in [0.717, 1.165) is 61.9 Å². The molecule has 0 aliphatic carbocycles. The number of halogens is 1. The van der Waals surface area contributed by atoms with Crippen LogP contribution in [0.1, 0.15) is 16.8 Å². The fraction of sp³-hybridized carbons (Fsp3) is 0.308. The van der Waals surface area contributed by atoms with Crippen LogP contribution < -0.4 is 4.74 Å². The Hall–Kier alpha value is -3.29. The zero-order valence-corrected chi connectivity index (χ0v) is 18.4. The van der Waals surface area contributed by atoms with E-state index in [0.29, 0.717) is 12.5 Å². The molecule has 6 nitrogen and oxygen atoms in total. The maximum Gasteiger partial charge on any atom is 0.155 e. The van der Waals surface area contributed by atoms with Crippen LogP contribution in [0.3, 0.4) is 0 Å². The Labute approximate surface area is 192 Å². The zero-order chi connectivity index (χ0) is 22.5. The molecule has 0 saturated carbocycles. The Morgan fingerprint density at radius 1 is 1.09 bits per heavy atom. The molecule has 33 heavy (non-hydrogen) atoms. The highest BCUT2D eigenvalue weighted by atomic mass is 19.1. The average molecular weight is 447 g/mol. The lowest BCUT2D eigenvalue weighted by Gasteiger charge is -2.23. The van der Waals surface area contributed by atoms with Crippen molar-refractivity contribution in [2.45, 2.75) is 19.6 Å². The average Bonchev–Trinajstić information content (AvgIpc) is 3.19. The van der Waals surface area contributed by atoms with Gasteiger partial charge in [-0.15, -0.1) is 0 Å². The number of hydrogen-bond acceptors (Lipinski definition) is 5. The van der Waals surface area contributed by atoms with Gasteiger partial charge in [0.15, 0.2) is 5.65 Å². The Morgan fingerprint density at radius 2 is 2.00 bits per heavy atom. The highest BCUT2D eigenvalue weighted by Crippen LogP contribution is 2.19. The quantitative estimate of drug-likeness (QED) is 0.427. The molecule has 7 heteroatoms. The first-order valence-corrected chi connectivity index (χ1v) is 11.3. The predicted octanol–water partition coefficient (Wildman–Crippen LogP) is 4.14. The van der Waals surface area contributed by atoms with Gasteiger partial charge in [0.2, 0.25) is 0 Å². The van der Waals surface area contributed by atoms with Gasteiger partial charge in [-0.1, -0.05) is 24.3 Å². The highest BCUT2D eigenvalue weighted by Gasteiger charge is 2.20. The van der Waals surface area contributed by atoms with Gasteiger partial charge in [0.05, 0.1) is 25.1 Å². The number of benzene rings is 2. The van der Waals surface area contributed by atoms with E-state index in [4.69, 9.17) is 9.47 Å². The summed E-state index contributed by atoms with van der Waals surface area (Å²) in [4.78, 5) is 11.3. The van der Waals surface area contributed by atoms with Gasteiger partial charge >= 0.3 is 0 Å². The number of aromatic nitrogens is 3. The van der Waals surface area contributed by atoms with Crippen LogP contribution in [0.4, 0.5) is 4.39 Å². The summed E-state index contributed by atoms with van der Waals surface area (Å²) in [5.41, 5.74) is 4.05. The summed E-state index contributed by atoms with van der Waals surface area (Å²) in [6.45, 7) is 4.56. The summed E-state index contributed by atoms with van der Waals surface area (Å²) in [6, 6.07) is 14.6. The number of ether oxygens (including phenoxy) is 2. The van der Waals surface area contributed by atoms with Crippen LogP contribution >= 0.6 is 0 Å². The van der Waals surface area contributed by atoms with Crippen LogP contribution in [-0.2, 0) is 24.3 Å². The van der Waals surface area contributed by atoms with E-state index in [1.54, 1.807) is 18.3 Å². The highest BCUT2D eigenvalue weighted by molar-refractivity contribution is 5.35. The lowest BCUT2D eigenvalue weighted by Crippen LogP contribution is -2.30. The minimum absolute atomic E-state index is 0.237. The van der Waals surface area contributed by atoms with E-state index in [9.17, 15) is 4.39 Å². The molecule has 4 aromatic rings. The lowest BCUT2D eigenvalue weighted by molar-refractivity contribution is 0.121. The van der Waals surface area contributed by atoms with Crippen molar-refractivity contribution in [1.82, 2.24) is 19.3 Å². The van der Waals surface area contributed by atoms with Crippen LogP contribution in [0.15, 0.2) is 73.3 Å². The topological polar surface area (TPSA) is 51.9 Å². The number of imidazole rings is 1. The third kappa shape index (κ3) is 5.74. The molecule has 2 aromatic carbocycles. The standard InChI is InChI=1S/C26H27FN4O2/c27-23-6-4-20(5-7-23)19-33-25-3-1-2-21(13-25)15-30-10-11-32-18-22(16-30)12-24-17-31-9-8-28-26(31)14-29-24/h1-9,13-14,17,22H,10-12,15-16,18-19H2/t22-/m0/s1. The maximum atomic E-state index is 13.1. The molecule has 0 amide bonds. The summed E-state index contributed by atoms with van der Waals surface area (Å²) < 4.78 is 26.9. The van der Waals surface area contributed by atoms with E-state index in [2.05, 4.69) is 33.2 Å². The smallest absolute Gasteiger partial charge is 0.155 e. The van der Waals surface area contributed by atoms with Crippen molar-refractivity contribution in [1.29, 1.82) is 0 Å². The summed E-state index contributed by atoms with van der Waals surface area (Å²) >= 11 is 0. The van der Waals surface area contributed by atoms with E-state index in [1.807, 2.05) is 28.9 Å². The monoisotopic (exact) mass is 446 g/mol. The van der Waals surface area contributed by atoms with Crippen molar-refractivity contribution >= 4 is 5.65 Å². The lowest BCUT2D eigenvalue weighted by atomic mass is 10.0. The fourth-order valence-corrected chi connectivity index (χ4v) is 4.23. The minimum atomic E-state index is -0.237. The molecule has 3 heterocycles. The summed E-state index contributed by atoms with van der Waals surface area (Å²) in [7, 11) is 0. The van der Waals surface area contributed by atoms with Crippen molar-refractivity contribution in [2.75, 3.05) is 26.3 Å². The molecule has 1 saturated heterocycles. The first-order chi connectivity index (χ1) is 16.2. The van der Waals surface area contributed by atoms with Gasteiger partial charge in [0.25, 0.3) is 0 Å². The number of nitrogens with zero attached hydrogens (tertiary/aromatic N) is 4. The maximum absolute atomic E-state index is 13.1. The van der Waals surface area contributed by atoms with Gasteiger partial charge in [0.1, 0.15) is 18.2 Å². The molecule has 0 spiro atoms. The second kappa shape index (κ2) is 10.1. The van der Waals surface area contributed by atoms with Crippen molar-refractivity contribution in [3.8, 4) is 5.75 Å². The second-order valence-corrected chi connectivity index (χ2v) is 8.51. The van der Waals surface area contributed by atoms with Gasteiger partial charge in [0, 0.05) is 44.1 Å². The number of rotatable bonds is 7. The van der Waals surface area contributed by atoms with Gasteiger partial charge in [-0.2, -0.15) is 0 Å². The molecule has 1 atom stereocenters. The molecule has 1 aliphatic heterocycles. The van der Waals surface area contributed by atoms with Gasteiger partial charge in [-0.25, -0.2) is 9.37 Å². The minimum Gasteiger partial charge on any atom is -0.489 e. The summed E-state index contributed by atoms with van der Waals surface area (Å²) in [5, 5.41) is 0. The normalized spacial score (nSPS) is 17.2. The molecule has 0 radical (unpaired) electrons. The molecule has 1 aliphatic rings. The van der Waals surface area contributed by atoms with E-state index in [1.165, 1.54) is 17.7 Å². The van der Waals surface area contributed by atoms with Crippen LogP contribution in [0.25, 0.3) is 5.65 Å². The fourth-order valence-electron chi connectivity index (χ4n) is 4.23. The molecule has 170 valence electrons. The third-order valence-corrected chi connectivity index (χ3v) is 5.88. The molecule has 0 N–H and O–H groups in total. The first kappa shape index (κ1) is 21.6. The van der Waals surface area contributed by atoms with Crippen LogP contribution in [0, 0.1) is 11.7 Å². The number of hydrogen-bond donors (Lipinski definition) is 0. The van der Waals surface area contributed by atoms with Gasteiger partial charge in [-0.3, -0.25) is 9.88 Å². The van der Waals surface area contributed by atoms with Crippen molar-refractivity contribution in [3.05, 3.63) is 96.0 Å². The van der Waals surface area contributed by atoms with Crippen molar-refractivity contribution in [3.63, 3.8) is 0 Å². The molecule has 2 aromatic heterocycles. The van der Waals surface area contributed by atoms with E-state index >= 15 is 0 Å². The molecule has 0 bridgehead atoms. The first-order valence-electron chi connectivity index (χ1n) is 11.3. The summed E-state index contributed by atoms with van der Waals surface area (Å²) in [6.07, 6.45) is 8.48. The SMILES string of the molecule is Fc1ccc(COc2cccc(CN3CCOC[C@@H](Cc4cn5ccnc5cn4)C3)c2)cc1. The van der Waals surface area contributed by atoms with Gasteiger partial charge < -0.3 is 13.9 Å². The molecular weight excluding hydrogens is 419 g/mol.